The Bertz CT molecular complexity index is 285. The van der Waals surface area contributed by atoms with Crippen molar-refractivity contribution in [3.63, 3.8) is 0 Å². The molecule has 13 heavy (non-hydrogen) atoms. The first kappa shape index (κ1) is 10.0. The average molecular weight is 191 g/mol. The summed E-state index contributed by atoms with van der Waals surface area (Å²) < 4.78 is 36.4. The van der Waals surface area contributed by atoms with Gasteiger partial charge in [0.15, 0.2) is 0 Å². The molecule has 0 fully saturated rings. The van der Waals surface area contributed by atoms with Crippen molar-refractivity contribution in [2.45, 2.75) is 12.7 Å². The maximum Gasteiger partial charge on any atom is 0.416 e. The second-order valence-electron chi connectivity index (χ2n) is 2.53. The van der Waals surface area contributed by atoms with Crippen molar-refractivity contribution in [1.29, 1.82) is 0 Å². The van der Waals surface area contributed by atoms with Crippen molar-refractivity contribution in [3.8, 4) is 0 Å². The number of hydroxylamine groups is 1. The lowest BCUT2D eigenvalue weighted by Crippen LogP contribution is -2.09. The zero-order valence-corrected chi connectivity index (χ0v) is 6.60. The van der Waals surface area contributed by atoms with Gasteiger partial charge >= 0.3 is 6.18 Å². The minimum absolute atomic E-state index is 0.00389. The lowest BCUT2D eigenvalue weighted by atomic mass is 10.1. The summed E-state index contributed by atoms with van der Waals surface area (Å²) in [5.41, 5.74) is 1.47. The smallest absolute Gasteiger partial charge is 0.316 e. The first-order chi connectivity index (χ1) is 6.04. The van der Waals surface area contributed by atoms with Crippen LogP contribution in [0.25, 0.3) is 0 Å². The highest BCUT2D eigenvalue weighted by atomic mass is 19.4. The SMILES string of the molecule is ONCc1cccc(C(F)(F)F)c1. The third kappa shape index (κ3) is 2.71. The van der Waals surface area contributed by atoms with Gasteiger partial charge in [-0.1, -0.05) is 18.2 Å². The Morgan fingerprint density at radius 1 is 1.31 bits per heavy atom. The van der Waals surface area contributed by atoms with Crippen LogP contribution in [0.3, 0.4) is 0 Å². The standard InChI is InChI=1S/C8H8F3NO/c9-8(10,11)7-3-1-2-6(4-7)5-12-13/h1-4,12-13H,5H2. The lowest BCUT2D eigenvalue weighted by molar-refractivity contribution is -0.137. The molecule has 0 radical (unpaired) electrons. The van der Waals surface area contributed by atoms with Crippen LogP contribution in [-0.2, 0) is 12.7 Å². The molecule has 1 rings (SSSR count). The Morgan fingerprint density at radius 3 is 2.54 bits per heavy atom. The summed E-state index contributed by atoms with van der Waals surface area (Å²) in [6.07, 6.45) is -4.33. The van der Waals surface area contributed by atoms with Crippen molar-refractivity contribution < 1.29 is 18.4 Å². The fourth-order valence-electron chi connectivity index (χ4n) is 0.949. The number of benzene rings is 1. The largest absolute Gasteiger partial charge is 0.416 e. The molecule has 0 unspecified atom stereocenters. The number of alkyl halides is 3. The molecule has 0 aliphatic heterocycles. The predicted octanol–water partition coefficient (Wildman–Crippen LogP) is 2.18. The third-order valence-corrected chi connectivity index (χ3v) is 1.54. The molecule has 0 aliphatic carbocycles. The number of rotatable bonds is 2. The van der Waals surface area contributed by atoms with Crippen LogP contribution >= 0.6 is 0 Å². The predicted molar refractivity (Wildman–Crippen MR) is 40.1 cm³/mol. The van der Waals surface area contributed by atoms with E-state index in [1.54, 1.807) is 5.48 Å². The number of hydrogen-bond donors (Lipinski definition) is 2. The molecule has 1 aromatic carbocycles. The Hall–Kier alpha value is -1.07. The minimum atomic E-state index is -4.33. The maximum atomic E-state index is 12.1. The molecule has 0 saturated heterocycles. The maximum absolute atomic E-state index is 12.1. The first-order valence-corrected chi connectivity index (χ1v) is 3.57. The molecule has 0 saturated carbocycles. The van der Waals surface area contributed by atoms with Gasteiger partial charge in [0.1, 0.15) is 0 Å². The van der Waals surface area contributed by atoms with Gasteiger partial charge in [-0.15, -0.1) is 0 Å². The van der Waals surface area contributed by atoms with E-state index in [4.69, 9.17) is 5.21 Å². The molecule has 0 heterocycles. The molecule has 5 heteroatoms. The lowest BCUT2D eigenvalue weighted by Gasteiger charge is -2.07. The summed E-state index contributed by atoms with van der Waals surface area (Å²) >= 11 is 0. The first-order valence-electron chi connectivity index (χ1n) is 3.57. The van der Waals surface area contributed by atoms with Crippen molar-refractivity contribution in [2.24, 2.45) is 0 Å². The third-order valence-electron chi connectivity index (χ3n) is 1.54. The van der Waals surface area contributed by atoms with Gasteiger partial charge in [-0.25, -0.2) is 5.48 Å². The second-order valence-corrected chi connectivity index (χ2v) is 2.53. The summed E-state index contributed by atoms with van der Waals surface area (Å²) in [7, 11) is 0. The van der Waals surface area contributed by atoms with Crippen LogP contribution in [0.4, 0.5) is 13.2 Å². The molecule has 1 aromatic rings. The van der Waals surface area contributed by atoms with E-state index in [-0.39, 0.29) is 6.54 Å². The van der Waals surface area contributed by atoms with Gasteiger partial charge in [-0.2, -0.15) is 13.2 Å². The van der Waals surface area contributed by atoms with Gasteiger partial charge in [0.25, 0.3) is 0 Å². The van der Waals surface area contributed by atoms with Crippen molar-refractivity contribution >= 4 is 0 Å². The van der Waals surface area contributed by atoms with Crippen molar-refractivity contribution in [3.05, 3.63) is 35.4 Å². The summed E-state index contributed by atoms with van der Waals surface area (Å²) in [5.74, 6) is 0. The van der Waals surface area contributed by atoms with E-state index in [0.717, 1.165) is 12.1 Å². The van der Waals surface area contributed by atoms with Gasteiger partial charge in [-0.3, -0.25) is 0 Å². The van der Waals surface area contributed by atoms with Crippen LogP contribution in [0.1, 0.15) is 11.1 Å². The fraction of sp³-hybridized carbons (Fsp3) is 0.250. The highest BCUT2D eigenvalue weighted by Gasteiger charge is 2.30. The number of nitrogens with one attached hydrogen (secondary N) is 1. The van der Waals surface area contributed by atoms with Crippen LogP contribution in [0.5, 0.6) is 0 Å². The molecule has 2 N–H and O–H groups in total. The summed E-state index contributed by atoms with van der Waals surface area (Å²) in [6.45, 7) is 0.00389. The van der Waals surface area contributed by atoms with Crippen LogP contribution < -0.4 is 5.48 Å². The number of halogens is 3. The van der Waals surface area contributed by atoms with Gasteiger partial charge in [0.2, 0.25) is 0 Å². The molecule has 72 valence electrons. The van der Waals surface area contributed by atoms with Gasteiger partial charge < -0.3 is 5.21 Å². The van der Waals surface area contributed by atoms with Crippen molar-refractivity contribution in [1.82, 2.24) is 5.48 Å². The topological polar surface area (TPSA) is 32.3 Å². The second kappa shape index (κ2) is 3.76. The monoisotopic (exact) mass is 191 g/mol. The van der Waals surface area contributed by atoms with Crippen molar-refractivity contribution in [2.75, 3.05) is 0 Å². The quantitative estimate of drug-likeness (QED) is 0.702. The normalized spacial score (nSPS) is 11.7. The molecular weight excluding hydrogens is 183 g/mol. The Morgan fingerprint density at radius 2 is 2.00 bits per heavy atom. The Kier molecular flexibility index (Phi) is 2.90. The molecule has 0 spiro atoms. The van der Waals surface area contributed by atoms with E-state index in [1.165, 1.54) is 12.1 Å². The van der Waals surface area contributed by atoms with E-state index >= 15 is 0 Å². The molecule has 0 amide bonds. The zero-order chi connectivity index (χ0) is 9.90. The Balaban J connectivity index is 2.92. The molecule has 0 aliphatic rings. The van der Waals surface area contributed by atoms with E-state index in [9.17, 15) is 13.2 Å². The molecule has 0 bridgehead atoms. The summed E-state index contributed by atoms with van der Waals surface area (Å²) in [5, 5.41) is 8.28. The van der Waals surface area contributed by atoms with Gasteiger partial charge in [0, 0.05) is 6.54 Å². The van der Waals surface area contributed by atoms with E-state index in [1.807, 2.05) is 0 Å². The molecule has 0 atom stereocenters. The van der Waals surface area contributed by atoms with Crippen LogP contribution in [0.2, 0.25) is 0 Å². The van der Waals surface area contributed by atoms with E-state index in [0.29, 0.717) is 5.56 Å². The van der Waals surface area contributed by atoms with Crippen LogP contribution in [0, 0.1) is 0 Å². The highest BCUT2D eigenvalue weighted by molar-refractivity contribution is 5.25. The van der Waals surface area contributed by atoms with Crippen LogP contribution in [0.15, 0.2) is 24.3 Å². The Labute approximate surface area is 73.0 Å². The van der Waals surface area contributed by atoms with E-state index in [2.05, 4.69) is 0 Å². The number of hydrogen-bond acceptors (Lipinski definition) is 2. The highest BCUT2D eigenvalue weighted by Crippen LogP contribution is 2.29. The van der Waals surface area contributed by atoms with Gasteiger partial charge in [0.05, 0.1) is 5.56 Å². The zero-order valence-electron chi connectivity index (χ0n) is 6.60. The van der Waals surface area contributed by atoms with Crippen LogP contribution in [-0.4, -0.2) is 5.21 Å². The molecular formula is C8H8F3NO. The molecule has 0 aromatic heterocycles. The summed E-state index contributed by atoms with van der Waals surface area (Å²) in [4.78, 5) is 0. The fourth-order valence-corrected chi connectivity index (χ4v) is 0.949. The summed E-state index contributed by atoms with van der Waals surface area (Å²) in [6, 6.07) is 4.78. The van der Waals surface area contributed by atoms with E-state index < -0.39 is 11.7 Å². The molecule has 2 nitrogen and oxygen atoms in total. The minimum Gasteiger partial charge on any atom is -0.316 e. The average Bonchev–Trinajstić information content (AvgIpc) is 2.04. The van der Waals surface area contributed by atoms with Gasteiger partial charge in [-0.05, 0) is 11.6 Å².